The Hall–Kier alpha value is -1.15. The van der Waals surface area contributed by atoms with Gasteiger partial charge in [-0.1, -0.05) is 0 Å². The molecule has 7 heteroatoms. The van der Waals surface area contributed by atoms with Crippen LogP contribution in [0.4, 0.5) is 0 Å². The molecule has 0 amide bonds. The number of hydrogen-bond donors (Lipinski definition) is 1. The van der Waals surface area contributed by atoms with Crippen molar-refractivity contribution in [3.8, 4) is 0 Å². The molecule has 3 rings (SSSR count). The van der Waals surface area contributed by atoms with E-state index in [0.29, 0.717) is 11.3 Å². The molecule has 1 saturated carbocycles. The predicted octanol–water partition coefficient (Wildman–Crippen LogP) is 2.19. The van der Waals surface area contributed by atoms with Crippen LogP contribution >= 0.6 is 11.3 Å². The SMILES string of the molecule is O=S(=O)(c1cc(CO)cs1)N(Cc1ccco1)C1CC1. The van der Waals surface area contributed by atoms with E-state index >= 15 is 0 Å². The van der Waals surface area contributed by atoms with E-state index < -0.39 is 10.0 Å². The van der Waals surface area contributed by atoms with Crippen molar-refractivity contribution in [1.82, 2.24) is 4.31 Å². The molecule has 1 N–H and O–H groups in total. The van der Waals surface area contributed by atoms with Gasteiger partial charge in [0.2, 0.25) is 0 Å². The summed E-state index contributed by atoms with van der Waals surface area (Å²) in [5.41, 5.74) is 0.627. The molecule has 2 aromatic rings. The zero-order chi connectivity index (χ0) is 14.2. The summed E-state index contributed by atoms with van der Waals surface area (Å²) < 4.78 is 32.4. The molecule has 1 aliphatic carbocycles. The molecule has 0 aromatic carbocycles. The van der Waals surface area contributed by atoms with Gasteiger partial charge in [-0.05, 0) is 42.0 Å². The average molecular weight is 313 g/mol. The first-order valence-corrected chi connectivity index (χ1v) is 8.66. The van der Waals surface area contributed by atoms with Gasteiger partial charge >= 0.3 is 0 Å². The van der Waals surface area contributed by atoms with Gasteiger partial charge in [-0.25, -0.2) is 8.42 Å². The molecule has 0 bridgehead atoms. The van der Waals surface area contributed by atoms with Crippen molar-refractivity contribution in [1.29, 1.82) is 0 Å². The van der Waals surface area contributed by atoms with Crippen molar-refractivity contribution in [3.63, 3.8) is 0 Å². The van der Waals surface area contributed by atoms with Crippen LogP contribution in [0.2, 0.25) is 0 Å². The fraction of sp³-hybridized carbons (Fsp3) is 0.385. The van der Waals surface area contributed by atoms with Crippen LogP contribution in [0.3, 0.4) is 0 Å². The fourth-order valence-electron chi connectivity index (χ4n) is 2.02. The van der Waals surface area contributed by atoms with Crippen molar-refractivity contribution >= 4 is 21.4 Å². The zero-order valence-corrected chi connectivity index (χ0v) is 12.4. The Labute approximate surface area is 121 Å². The topological polar surface area (TPSA) is 70.8 Å². The summed E-state index contributed by atoms with van der Waals surface area (Å²) >= 11 is 1.15. The first-order chi connectivity index (χ1) is 9.61. The number of aliphatic hydroxyl groups excluding tert-OH is 1. The molecule has 0 aliphatic heterocycles. The fourth-order valence-corrected chi connectivity index (χ4v) is 5.00. The summed E-state index contributed by atoms with van der Waals surface area (Å²) in [5.74, 6) is 0.638. The van der Waals surface area contributed by atoms with Gasteiger partial charge in [0.05, 0.1) is 19.4 Å². The van der Waals surface area contributed by atoms with Gasteiger partial charge in [-0.15, -0.1) is 11.3 Å². The van der Waals surface area contributed by atoms with E-state index in [-0.39, 0.29) is 23.4 Å². The van der Waals surface area contributed by atoms with E-state index in [0.717, 1.165) is 24.2 Å². The molecule has 2 heterocycles. The van der Waals surface area contributed by atoms with Gasteiger partial charge in [-0.2, -0.15) is 4.31 Å². The molecular formula is C13H15NO4S2. The summed E-state index contributed by atoms with van der Waals surface area (Å²) in [6.07, 6.45) is 3.32. The molecule has 0 spiro atoms. The summed E-state index contributed by atoms with van der Waals surface area (Å²) in [5, 5.41) is 10.7. The number of rotatable bonds is 6. The quantitative estimate of drug-likeness (QED) is 0.887. The van der Waals surface area contributed by atoms with Crippen molar-refractivity contribution in [2.24, 2.45) is 0 Å². The third kappa shape index (κ3) is 2.67. The molecule has 0 saturated heterocycles. The lowest BCUT2D eigenvalue weighted by Gasteiger charge is -2.19. The third-order valence-electron chi connectivity index (χ3n) is 3.22. The summed E-state index contributed by atoms with van der Waals surface area (Å²) in [7, 11) is -3.52. The Kier molecular flexibility index (Phi) is 3.68. The number of nitrogens with zero attached hydrogens (tertiary/aromatic N) is 1. The number of sulfonamides is 1. The van der Waals surface area contributed by atoms with E-state index in [1.165, 1.54) is 10.4 Å². The molecule has 108 valence electrons. The monoisotopic (exact) mass is 313 g/mol. The maximum atomic E-state index is 12.7. The highest BCUT2D eigenvalue weighted by molar-refractivity contribution is 7.91. The van der Waals surface area contributed by atoms with E-state index in [1.54, 1.807) is 23.8 Å². The van der Waals surface area contributed by atoms with Crippen LogP contribution in [0, 0.1) is 0 Å². The standard InChI is InChI=1S/C13H15NO4S2/c15-8-10-6-13(19-9-10)20(16,17)14(11-3-4-11)7-12-2-1-5-18-12/h1-2,5-6,9,11,15H,3-4,7-8H2. The Bertz CT molecular complexity index is 671. The van der Waals surface area contributed by atoms with Gasteiger partial charge in [-0.3, -0.25) is 0 Å². The zero-order valence-electron chi connectivity index (χ0n) is 10.7. The molecular weight excluding hydrogens is 298 g/mol. The second-order valence-corrected chi connectivity index (χ2v) is 7.82. The minimum Gasteiger partial charge on any atom is -0.468 e. The van der Waals surface area contributed by atoms with Crippen molar-refractivity contribution < 1.29 is 17.9 Å². The minimum absolute atomic E-state index is 0.0600. The highest BCUT2D eigenvalue weighted by Crippen LogP contribution is 2.35. The first-order valence-electron chi connectivity index (χ1n) is 6.34. The van der Waals surface area contributed by atoms with Gasteiger partial charge in [0.1, 0.15) is 9.97 Å². The Morgan fingerprint density at radius 3 is 2.80 bits per heavy atom. The Morgan fingerprint density at radius 1 is 1.45 bits per heavy atom. The van der Waals surface area contributed by atoms with Crippen molar-refractivity contribution in [2.45, 2.75) is 36.2 Å². The number of aliphatic hydroxyl groups is 1. The van der Waals surface area contributed by atoms with Crippen molar-refractivity contribution in [3.05, 3.63) is 41.2 Å². The molecule has 0 atom stereocenters. The largest absolute Gasteiger partial charge is 0.468 e. The van der Waals surface area contributed by atoms with Crippen LogP contribution in [0.5, 0.6) is 0 Å². The van der Waals surface area contributed by atoms with Crippen LogP contribution < -0.4 is 0 Å². The van der Waals surface area contributed by atoms with Crippen LogP contribution in [0.15, 0.2) is 38.5 Å². The summed E-state index contributed by atoms with van der Waals surface area (Å²) in [6, 6.07) is 5.13. The van der Waals surface area contributed by atoms with Gasteiger partial charge < -0.3 is 9.52 Å². The molecule has 20 heavy (non-hydrogen) atoms. The molecule has 1 aliphatic rings. The lowest BCUT2D eigenvalue weighted by Crippen LogP contribution is -2.32. The summed E-state index contributed by atoms with van der Waals surface area (Å²) in [6.45, 7) is 0.111. The normalized spacial score (nSPS) is 15.9. The minimum atomic E-state index is -3.52. The van der Waals surface area contributed by atoms with E-state index in [2.05, 4.69) is 0 Å². The smallest absolute Gasteiger partial charge is 0.253 e. The molecule has 0 radical (unpaired) electrons. The summed E-state index contributed by atoms with van der Waals surface area (Å²) in [4.78, 5) is 0. The highest BCUT2D eigenvalue weighted by atomic mass is 32.2. The van der Waals surface area contributed by atoms with E-state index in [1.807, 2.05) is 0 Å². The molecule has 5 nitrogen and oxygen atoms in total. The lowest BCUT2D eigenvalue weighted by molar-refractivity contribution is 0.282. The first kappa shape index (κ1) is 13.8. The van der Waals surface area contributed by atoms with Crippen LogP contribution in [-0.2, 0) is 23.2 Å². The van der Waals surface area contributed by atoms with Crippen LogP contribution in [-0.4, -0.2) is 23.9 Å². The van der Waals surface area contributed by atoms with Gasteiger partial charge in [0, 0.05) is 6.04 Å². The number of furan rings is 1. The molecule has 0 unspecified atom stereocenters. The third-order valence-corrected chi connectivity index (χ3v) is 6.58. The molecule has 1 fully saturated rings. The maximum Gasteiger partial charge on any atom is 0.253 e. The second-order valence-electron chi connectivity index (χ2n) is 4.79. The van der Waals surface area contributed by atoms with Crippen LogP contribution in [0.25, 0.3) is 0 Å². The van der Waals surface area contributed by atoms with E-state index in [4.69, 9.17) is 9.52 Å². The lowest BCUT2D eigenvalue weighted by atomic mass is 10.4. The average Bonchev–Trinajstić information content (AvgIpc) is 2.96. The predicted molar refractivity (Wildman–Crippen MR) is 74.7 cm³/mol. The number of hydrogen-bond acceptors (Lipinski definition) is 5. The Morgan fingerprint density at radius 2 is 2.25 bits per heavy atom. The second kappa shape index (κ2) is 5.33. The van der Waals surface area contributed by atoms with Gasteiger partial charge in [0.15, 0.2) is 0 Å². The maximum absolute atomic E-state index is 12.7. The number of thiophene rings is 1. The van der Waals surface area contributed by atoms with E-state index in [9.17, 15) is 8.42 Å². The Balaban J connectivity index is 1.89. The van der Waals surface area contributed by atoms with Gasteiger partial charge in [0.25, 0.3) is 10.0 Å². The van der Waals surface area contributed by atoms with Crippen LogP contribution in [0.1, 0.15) is 24.2 Å². The highest BCUT2D eigenvalue weighted by Gasteiger charge is 2.39. The van der Waals surface area contributed by atoms with Crippen molar-refractivity contribution in [2.75, 3.05) is 0 Å². The molecule has 2 aromatic heterocycles.